The molecule has 3 heterocycles. The smallest absolute Gasteiger partial charge is 0.356 e. The molecule has 9 nitrogen and oxygen atoms in total. The number of rotatable bonds is 8. The maximum Gasteiger partial charge on any atom is 0.356 e. The van der Waals surface area contributed by atoms with Gasteiger partial charge in [-0.1, -0.05) is 0 Å². The highest BCUT2D eigenvalue weighted by Crippen LogP contribution is 2.27. The van der Waals surface area contributed by atoms with Crippen molar-refractivity contribution in [2.45, 2.75) is 32.1 Å². The molecule has 0 spiro atoms. The average Bonchev–Trinajstić information content (AvgIpc) is 3.36. The molecule has 1 fully saturated rings. The molecule has 1 saturated heterocycles. The second-order valence-corrected chi connectivity index (χ2v) is 7.82. The monoisotopic (exact) mass is 426 g/mol. The zero-order valence-corrected chi connectivity index (χ0v) is 17.5. The summed E-state index contributed by atoms with van der Waals surface area (Å²) in [7, 11) is 1.56. The highest BCUT2D eigenvalue weighted by atomic mass is 16.5. The van der Waals surface area contributed by atoms with Gasteiger partial charge in [-0.2, -0.15) is 5.10 Å². The van der Waals surface area contributed by atoms with Gasteiger partial charge >= 0.3 is 5.97 Å². The van der Waals surface area contributed by atoms with Crippen molar-refractivity contribution >= 4 is 17.8 Å². The van der Waals surface area contributed by atoms with E-state index in [2.05, 4.69) is 5.10 Å². The zero-order valence-electron chi connectivity index (χ0n) is 17.5. The first-order valence-electron chi connectivity index (χ1n) is 10.6. The van der Waals surface area contributed by atoms with E-state index in [0.717, 1.165) is 32.4 Å². The Morgan fingerprint density at radius 3 is 2.39 bits per heavy atom. The molecule has 2 aliphatic rings. The third-order valence-electron chi connectivity index (χ3n) is 5.90. The number of carbonyl (C=O) groups is 3. The first kappa shape index (κ1) is 20.9. The van der Waals surface area contributed by atoms with Crippen molar-refractivity contribution < 1.29 is 24.2 Å². The Labute approximate surface area is 180 Å². The zero-order chi connectivity index (χ0) is 22.0. The van der Waals surface area contributed by atoms with Gasteiger partial charge in [0.05, 0.1) is 12.8 Å². The lowest BCUT2D eigenvalue weighted by Crippen LogP contribution is -2.39. The van der Waals surface area contributed by atoms with Crippen LogP contribution in [0.3, 0.4) is 0 Å². The standard InChI is InChI=1S/C22H26N4O5/c1-31-16-8-6-15(7-9-16)26-20-17(19(23-26)22(29)30)10-14-25(21(20)28)12-3-2-11-24-13-4-5-18(24)27/h6-9H,2-5,10-14H2,1H3,(H,29,30). The number of methoxy groups -OCH3 is 1. The Hall–Kier alpha value is -3.36. The number of hydrogen-bond acceptors (Lipinski definition) is 5. The molecule has 0 bridgehead atoms. The Morgan fingerprint density at radius 1 is 1.06 bits per heavy atom. The lowest BCUT2D eigenvalue weighted by Gasteiger charge is -2.28. The average molecular weight is 426 g/mol. The molecular weight excluding hydrogens is 400 g/mol. The second kappa shape index (κ2) is 8.79. The summed E-state index contributed by atoms with van der Waals surface area (Å²) in [6.07, 6.45) is 3.62. The van der Waals surface area contributed by atoms with E-state index in [0.29, 0.717) is 48.6 Å². The number of fused-ring (bicyclic) bond motifs is 1. The largest absolute Gasteiger partial charge is 0.497 e. The van der Waals surface area contributed by atoms with Crippen LogP contribution >= 0.6 is 0 Å². The van der Waals surface area contributed by atoms with E-state index >= 15 is 0 Å². The lowest BCUT2D eigenvalue weighted by atomic mass is 10.0. The number of amides is 2. The van der Waals surface area contributed by atoms with Crippen LogP contribution in [0.25, 0.3) is 5.69 Å². The van der Waals surface area contributed by atoms with Crippen molar-refractivity contribution in [2.24, 2.45) is 0 Å². The molecule has 0 radical (unpaired) electrons. The Morgan fingerprint density at radius 2 is 1.77 bits per heavy atom. The van der Waals surface area contributed by atoms with Gasteiger partial charge in [0.1, 0.15) is 11.4 Å². The predicted octanol–water partition coefficient (Wildman–Crippen LogP) is 1.98. The summed E-state index contributed by atoms with van der Waals surface area (Å²) in [6.45, 7) is 2.57. The minimum absolute atomic E-state index is 0.0774. The predicted molar refractivity (Wildman–Crippen MR) is 112 cm³/mol. The van der Waals surface area contributed by atoms with Gasteiger partial charge < -0.3 is 19.6 Å². The number of likely N-dealkylation sites (tertiary alicyclic amines) is 1. The van der Waals surface area contributed by atoms with E-state index in [1.807, 2.05) is 4.90 Å². The molecule has 2 amide bonds. The summed E-state index contributed by atoms with van der Waals surface area (Å²) in [5.41, 5.74) is 1.31. The molecule has 1 aromatic heterocycles. The van der Waals surface area contributed by atoms with Crippen LogP contribution in [0.15, 0.2) is 24.3 Å². The lowest BCUT2D eigenvalue weighted by molar-refractivity contribution is -0.127. The second-order valence-electron chi connectivity index (χ2n) is 7.82. The van der Waals surface area contributed by atoms with Gasteiger partial charge in [0, 0.05) is 38.2 Å². The molecule has 9 heteroatoms. The number of unbranched alkanes of at least 4 members (excludes halogenated alkanes) is 1. The molecule has 1 N–H and O–H groups in total. The molecule has 2 aromatic rings. The van der Waals surface area contributed by atoms with Gasteiger partial charge in [0.25, 0.3) is 5.91 Å². The van der Waals surface area contributed by atoms with Crippen LogP contribution < -0.4 is 4.74 Å². The Bertz CT molecular complexity index is 998. The van der Waals surface area contributed by atoms with Crippen LogP contribution in [-0.2, 0) is 11.2 Å². The minimum atomic E-state index is -1.14. The summed E-state index contributed by atoms with van der Waals surface area (Å²) in [6, 6.07) is 6.98. The van der Waals surface area contributed by atoms with Crippen LogP contribution in [0.1, 0.15) is 52.2 Å². The van der Waals surface area contributed by atoms with E-state index in [9.17, 15) is 19.5 Å². The minimum Gasteiger partial charge on any atom is -0.497 e. The third kappa shape index (κ3) is 4.12. The molecule has 0 unspecified atom stereocenters. The van der Waals surface area contributed by atoms with E-state index in [1.54, 1.807) is 36.3 Å². The van der Waals surface area contributed by atoms with Crippen LogP contribution in [0, 0.1) is 0 Å². The molecule has 1 aromatic carbocycles. The topological polar surface area (TPSA) is 105 Å². The Balaban J connectivity index is 1.50. The van der Waals surface area contributed by atoms with Crippen molar-refractivity contribution in [1.82, 2.24) is 19.6 Å². The summed E-state index contributed by atoms with van der Waals surface area (Å²) in [5, 5.41) is 13.8. The SMILES string of the molecule is COc1ccc(-n2nc(C(=O)O)c3c2C(=O)N(CCCCN2CCCC2=O)CC3)cc1. The molecule has 0 aliphatic carbocycles. The van der Waals surface area contributed by atoms with Crippen LogP contribution in [0.4, 0.5) is 0 Å². The van der Waals surface area contributed by atoms with E-state index < -0.39 is 5.97 Å². The molecule has 0 atom stereocenters. The number of aromatic carboxylic acids is 1. The number of nitrogens with zero attached hydrogens (tertiary/aromatic N) is 4. The van der Waals surface area contributed by atoms with Gasteiger partial charge in [-0.05, 0) is 49.9 Å². The van der Waals surface area contributed by atoms with Crippen molar-refractivity contribution in [3.05, 3.63) is 41.2 Å². The van der Waals surface area contributed by atoms with E-state index in [1.165, 1.54) is 4.68 Å². The van der Waals surface area contributed by atoms with Crippen LogP contribution in [-0.4, -0.2) is 75.8 Å². The number of carboxylic acid groups (broad SMARTS) is 1. The van der Waals surface area contributed by atoms with Crippen LogP contribution in [0.5, 0.6) is 5.75 Å². The molecular formula is C22H26N4O5. The van der Waals surface area contributed by atoms with Gasteiger partial charge in [0.15, 0.2) is 5.69 Å². The fourth-order valence-electron chi connectivity index (χ4n) is 4.25. The van der Waals surface area contributed by atoms with Crippen molar-refractivity contribution in [1.29, 1.82) is 0 Å². The summed E-state index contributed by atoms with van der Waals surface area (Å²) < 4.78 is 6.60. The third-order valence-corrected chi connectivity index (χ3v) is 5.90. The molecule has 4 rings (SSSR count). The number of ether oxygens (including phenoxy) is 1. The van der Waals surface area contributed by atoms with E-state index in [4.69, 9.17) is 4.74 Å². The first-order chi connectivity index (χ1) is 15.0. The van der Waals surface area contributed by atoms with Gasteiger partial charge in [-0.3, -0.25) is 9.59 Å². The Kier molecular flexibility index (Phi) is 5.92. The van der Waals surface area contributed by atoms with Crippen molar-refractivity contribution in [2.75, 3.05) is 33.3 Å². The molecule has 2 aliphatic heterocycles. The molecule has 31 heavy (non-hydrogen) atoms. The van der Waals surface area contributed by atoms with Gasteiger partial charge in [0.2, 0.25) is 5.91 Å². The fraction of sp³-hybridized carbons (Fsp3) is 0.455. The summed E-state index contributed by atoms with van der Waals surface area (Å²) in [4.78, 5) is 40.3. The molecule has 164 valence electrons. The highest BCUT2D eigenvalue weighted by molar-refractivity contribution is 5.99. The highest BCUT2D eigenvalue weighted by Gasteiger charge is 2.34. The van der Waals surface area contributed by atoms with Gasteiger partial charge in [-0.25, -0.2) is 9.48 Å². The van der Waals surface area contributed by atoms with Gasteiger partial charge in [-0.15, -0.1) is 0 Å². The number of aromatic nitrogens is 2. The maximum absolute atomic E-state index is 13.3. The quantitative estimate of drug-likeness (QED) is 0.647. The summed E-state index contributed by atoms with van der Waals surface area (Å²) in [5.74, 6) is -0.481. The van der Waals surface area contributed by atoms with E-state index in [-0.39, 0.29) is 17.5 Å². The normalized spacial score (nSPS) is 16.0. The van der Waals surface area contributed by atoms with Crippen molar-refractivity contribution in [3.8, 4) is 11.4 Å². The van der Waals surface area contributed by atoms with Crippen LogP contribution in [0.2, 0.25) is 0 Å². The molecule has 0 saturated carbocycles. The fourth-order valence-corrected chi connectivity index (χ4v) is 4.25. The number of carboxylic acids is 1. The number of carbonyl (C=O) groups excluding carboxylic acids is 2. The van der Waals surface area contributed by atoms with Crippen molar-refractivity contribution in [3.63, 3.8) is 0 Å². The summed E-state index contributed by atoms with van der Waals surface area (Å²) >= 11 is 0. The maximum atomic E-state index is 13.3. The first-order valence-corrected chi connectivity index (χ1v) is 10.6. The number of benzene rings is 1. The number of hydrogen-bond donors (Lipinski definition) is 1.